The molecule has 1 aliphatic heterocycles. The fourth-order valence-electron chi connectivity index (χ4n) is 2.82. The van der Waals surface area contributed by atoms with Crippen LogP contribution in [0.4, 0.5) is 11.5 Å². The fraction of sp³-hybridized carbons (Fsp3) is 0.333. The third kappa shape index (κ3) is 4.28. The molecule has 0 bridgehead atoms. The van der Waals surface area contributed by atoms with Crippen LogP contribution < -0.4 is 15.0 Å². The highest BCUT2D eigenvalue weighted by Gasteiger charge is 2.19. The van der Waals surface area contributed by atoms with Crippen molar-refractivity contribution in [3.05, 3.63) is 40.8 Å². The topological polar surface area (TPSA) is 87.7 Å². The number of carbonyl (C=O) groups is 2. The van der Waals surface area contributed by atoms with Gasteiger partial charge in [0.1, 0.15) is 23.6 Å². The Morgan fingerprint density at radius 2 is 1.96 bits per heavy atom. The molecule has 2 heterocycles. The van der Waals surface area contributed by atoms with E-state index in [1.165, 1.54) is 13.4 Å². The first kappa shape index (κ1) is 18.9. The zero-order valence-corrected chi connectivity index (χ0v) is 15.9. The van der Waals surface area contributed by atoms with E-state index in [9.17, 15) is 9.59 Å². The molecule has 1 aromatic heterocycles. The number of nitrogens with one attached hydrogen (secondary N) is 1. The summed E-state index contributed by atoms with van der Waals surface area (Å²) in [5.74, 6) is 0.753. The van der Waals surface area contributed by atoms with E-state index in [2.05, 4.69) is 15.3 Å². The Hall–Kier alpha value is -2.87. The minimum absolute atomic E-state index is 0.243. The lowest BCUT2D eigenvalue weighted by atomic mass is 10.2. The van der Waals surface area contributed by atoms with Crippen LogP contribution >= 0.6 is 11.6 Å². The molecule has 3 rings (SSSR count). The number of amides is 2. The van der Waals surface area contributed by atoms with Crippen LogP contribution in [0, 0.1) is 6.92 Å². The Morgan fingerprint density at radius 3 is 2.63 bits per heavy atom. The summed E-state index contributed by atoms with van der Waals surface area (Å²) in [5, 5.41) is 3.37. The van der Waals surface area contributed by atoms with E-state index in [1.54, 1.807) is 23.1 Å². The van der Waals surface area contributed by atoms with Crippen molar-refractivity contribution in [3.63, 3.8) is 0 Å². The van der Waals surface area contributed by atoms with Crippen LogP contribution in [0.2, 0.25) is 5.02 Å². The molecular formula is C18H20ClN5O3. The number of piperazine rings is 1. The average Bonchev–Trinajstić information content (AvgIpc) is 2.70. The Kier molecular flexibility index (Phi) is 5.75. The lowest BCUT2D eigenvalue weighted by Crippen LogP contribution is -2.46. The summed E-state index contributed by atoms with van der Waals surface area (Å²) in [6.45, 7) is 4.40. The standard InChI is InChI=1S/C18H20ClN5O3/c1-12-7-14(16(27-2)8-13(12)19)22-18(26)15-9-17(21-10-20-15)24-5-3-23(11-25)4-6-24/h7-11H,3-6H2,1-2H3,(H,22,26). The molecule has 9 heteroatoms. The molecule has 2 amide bonds. The number of anilines is 2. The van der Waals surface area contributed by atoms with Gasteiger partial charge in [-0.25, -0.2) is 9.97 Å². The maximum absolute atomic E-state index is 12.6. The van der Waals surface area contributed by atoms with Crippen molar-refractivity contribution in [1.29, 1.82) is 0 Å². The van der Waals surface area contributed by atoms with E-state index in [4.69, 9.17) is 16.3 Å². The number of hydrogen-bond acceptors (Lipinski definition) is 6. The number of nitrogens with zero attached hydrogens (tertiary/aromatic N) is 4. The Bertz CT molecular complexity index is 853. The minimum Gasteiger partial charge on any atom is -0.495 e. The average molecular weight is 390 g/mol. The number of methoxy groups -OCH3 is 1. The highest BCUT2D eigenvalue weighted by molar-refractivity contribution is 6.31. The number of carbonyl (C=O) groups excluding carboxylic acids is 2. The predicted molar refractivity (Wildman–Crippen MR) is 103 cm³/mol. The molecule has 1 fully saturated rings. The first-order chi connectivity index (χ1) is 13.0. The molecule has 142 valence electrons. The van der Waals surface area contributed by atoms with Gasteiger partial charge in [0, 0.05) is 43.3 Å². The van der Waals surface area contributed by atoms with Gasteiger partial charge in [0.05, 0.1) is 12.8 Å². The summed E-state index contributed by atoms with van der Waals surface area (Å²) in [5.41, 5.74) is 1.58. The fourth-order valence-corrected chi connectivity index (χ4v) is 2.97. The van der Waals surface area contributed by atoms with Crippen LogP contribution in [-0.4, -0.2) is 60.5 Å². The number of benzene rings is 1. The summed E-state index contributed by atoms with van der Waals surface area (Å²) in [6.07, 6.45) is 2.21. The first-order valence-electron chi connectivity index (χ1n) is 8.43. The normalized spacial score (nSPS) is 14.0. The third-order valence-corrected chi connectivity index (χ3v) is 4.81. The predicted octanol–water partition coefficient (Wildman–Crippen LogP) is 1.98. The lowest BCUT2D eigenvalue weighted by Gasteiger charge is -2.33. The maximum Gasteiger partial charge on any atom is 0.274 e. The molecule has 0 aliphatic carbocycles. The molecule has 1 aliphatic rings. The maximum atomic E-state index is 12.6. The minimum atomic E-state index is -0.370. The van der Waals surface area contributed by atoms with Gasteiger partial charge >= 0.3 is 0 Å². The van der Waals surface area contributed by atoms with Crippen molar-refractivity contribution in [1.82, 2.24) is 14.9 Å². The number of rotatable bonds is 5. The number of hydrogen-bond donors (Lipinski definition) is 1. The molecule has 27 heavy (non-hydrogen) atoms. The number of halogens is 1. The van der Waals surface area contributed by atoms with Crippen LogP contribution in [0.25, 0.3) is 0 Å². The SMILES string of the molecule is COc1cc(Cl)c(C)cc1NC(=O)c1cc(N2CCN(C=O)CC2)ncn1. The van der Waals surface area contributed by atoms with Gasteiger partial charge in [-0.3, -0.25) is 9.59 Å². The lowest BCUT2D eigenvalue weighted by molar-refractivity contribution is -0.118. The number of ether oxygens (including phenoxy) is 1. The second kappa shape index (κ2) is 8.22. The monoisotopic (exact) mass is 389 g/mol. The molecule has 1 aromatic carbocycles. The highest BCUT2D eigenvalue weighted by atomic mass is 35.5. The Balaban J connectivity index is 1.76. The van der Waals surface area contributed by atoms with Crippen LogP contribution in [0.5, 0.6) is 5.75 Å². The second-order valence-corrected chi connectivity index (χ2v) is 6.55. The molecule has 8 nitrogen and oxygen atoms in total. The zero-order valence-electron chi connectivity index (χ0n) is 15.1. The van der Waals surface area contributed by atoms with Crippen molar-refractivity contribution in [2.45, 2.75) is 6.92 Å². The van der Waals surface area contributed by atoms with Gasteiger partial charge in [-0.2, -0.15) is 0 Å². The number of aromatic nitrogens is 2. The number of aryl methyl sites for hydroxylation is 1. The molecule has 1 saturated heterocycles. The molecule has 0 saturated carbocycles. The smallest absolute Gasteiger partial charge is 0.274 e. The van der Waals surface area contributed by atoms with Crippen LogP contribution in [0.3, 0.4) is 0 Å². The van der Waals surface area contributed by atoms with Crippen molar-refractivity contribution < 1.29 is 14.3 Å². The molecule has 0 atom stereocenters. The van der Waals surface area contributed by atoms with Crippen LogP contribution in [0.15, 0.2) is 24.5 Å². The van der Waals surface area contributed by atoms with Gasteiger partial charge in [-0.15, -0.1) is 0 Å². The Labute approximate surface area is 162 Å². The van der Waals surface area contributed by atoms with E-state index in [-0.39, 0.29) is 11.6 Å². The van der Waals surface area contributed by atoms with Gasteiger partial charge in [0.15, 0.2) is 0 Å². The summed E-state index contributed by atoms with van der Waals surface area (Å²) in [4.78, 5) is 35.5. The summed E-state index contributed by atoms with van der Waals surface area (Å²) in [6, 6.07) is 5.05. The van der Waals surface area contributed by atoms with Crippen LogP contribution in [0.1, 0.15) is 16.1 Å². The van der Waals surface area contributed by atoms with Crippen molar-refractivity contribution in [2.24, 2.45) is 0 Å². The first-order valence-corrected chi connectivity index (χ1v) is 8.81. The van der Waals surface area contributed by atoms with Gasteiger partial charge in [0.25, 0.3) is 5.91 Å². The van der Waals surface area contributed by atoms with E-state index < -0.39 is 0 Å². The summed E-state index contributed by atoms with van der Waals surface area (Å²) >= 11 is 6.10. The van der Waals surface area contributed by atoms with E-state index in [0.717, 1.165) is 12.0 Å². The Morgan fingerprint density at radius 1 is 1.22 bits per heavy atom. The largest absolute Gasteiger partial charge is 0.495 e. The highest BCUT2D eigenvalue weighted by Crippen LogP contribution is 2.31. The molecule has 0 unspecified atom stereocenters. The van der Waals surface area contributed by atoms with E-state index in [1.807, 2.05) is 11.8 Å². The van der Waals surface area contributed by atoms with E-state index >= 15 is 0 Å². The van der Waals surface area contributed by atoms with Crippen molar-refractivity contribution in [3.8, 4) is 5.75 Å². The molecule has 0 spiro atoms. The summed E-state index contributed by atoms with van der Waals surface area (Å²) < 4.78 is 5.28. The second-order valence-electron chi connectivity index (χ2n) is 6.15. The van der Waals surface area contributed by atoms with Crippen molar-refractivity contribution >= 4 is 35.4 Å². The van der Waals surface area contributed by atoms with Gasteiger partial charge in [-0.05, 0) is 18.6 Å². The summed E-state index contributed by atoms with van der Waals surface area (Å²) in [7, 11) is 1.51. The molecule has 2 aromatic rings. The molecular weight excluding hydrogens is 370 g/mol. The van der Waals surface area contributed by atoms with Gasteiger partial charge in [0.2, 0.25) is 6.41 Å². The van der Waals surface area contributed by atoms with Crippen LogP contribution in [-0.2, 0) is 4.79 Å². The van der Waals surface area contributed by atoms with Crippen molar-refractivity contribution in [2.75, 3.05) is 43.5 Å². The molecule has 1 N–H and O–H groups in total. The molecule has 0 radical (unpaired) electrons. The quantitative estimate of drug-likeness (QED) is 0.787. The van der Waals surface area contributed by atoms with E-state index in [0.29, 0.717) is 48.5 Å². The zero-order chi connectivity index (χ0) is 19.4. The third-order valence-electron chi connectivity index (χ3n) is 4.40. The van der Waals surface area contributed by atoms with Gasteiger partial charge in [-0.1, -0.05) is 11.6 Å². The van der Waals surface area contributed by atoms with Gasteiger partial charge < -0.3 is 19.9 Å².